The monoisotopic (exact) mass is 233 g/mol. The van der Waals surface area contributed by atoms with Gasteiger partial charge in [-0.2, -0.15) is 0 Å². The zero-order valence-electron chi connectivity index (χ0n) is 9.49. The summed E-state index contributed by atoms with van der Waals surface area (Å²) in [7, 11) is 2.25. The van der Waals surface area contributed by atoms with Crippen LogP contribution in [0.5, 0.6) is 0 Å². The first-order valence-corrected chi connectivity index (χ1v) is 6.30. The Labute approximate surface area is 102 Å². The standard InChI is InChI=1S/C14H16ClN/c1-16-13-6-7-14(16)9-11(8-13)10-2-4-12(15)5-3-10/h2-5,8,13-14H,6-7,9H2,1H3/t13-,14-/m1/s1. The SMILES string of the molecule is CN1[C@@H]2CC[C@@H]1C=C(c1ccc(Cl)cc1)C2. The Balaban J connectivity index is 1.92. The number of rotatable bonds is 1. The van der Waals surface area contributed by atoms with E-state index in [1.165, 1.54) is 30.4 Å². The molecule has 0 aromatic heterocycles. The van der Waals surface area contributed by atoms with Crippen LogP contribution in [0.15, 0.2) is 30.3 Å². The number of fused-ring (bicyclic) bond motifs is 2. The van der Waals surface area contributed by atoms with Crippen LogP contribution in [-0.4, -0.2) is 24.0 Å². The van der Waals surface area contributed by atoms with Gasteiger partial charge < -0.3 is 0 Å². The molecule has 1 nitrogen and oxygen atoms in total. The van der Waals surface area contributed by atoms with Gasteiger partial charge in [-0.05, 0) is 49.6 Å². The third-order valence-electron chi connectivity index (χ3n) is 3.96. The molecule has 1 aromatic carbocycles. The Morgan fingerprint density at radius 3 is 2.62 bits per heavy atom. The van der Waals surface area contributed by atoms with E-state index in [4.69, 9.17) is 11.6 Å². The van der Waals surface area contributed by atoms with Crippen LogP contribution in [0.3, 0.4) is 0 Å². The molecule has 0 saturated carbocycles. The molecule has 2 aliphatic heterocycles. The Morgan fingerprint density at radius 2 is 1.94 bits per heavy atom. The highest BCUT2D eigenvalue weighted by Gasteiger charge is 2.33. The number of benzene rings is 1. The van der Waals surface area contributed by atoms with Crippen molar-refractivity contribution in [2.24, 2.45) is 0 Å². The Kier molecular flexibility index (Phi) is 2.53. The highest BCUT2D eigenvalue weighted by molar-refractivity contribution is 6.30. The highest BCUT2D eigenvalue weighted by atomic mass is 35.5. The third kappa shape index (κ3) is 1.68. The van der Waals surface area contributed by atoms with E-state index in [2.05, 4.69) is 30.2 Å². The molecule has 1 saturated heterocycles. The second-order valence-electron chi connectivity index (χ2n) is 4.87. The maximum atomic E-state index is 5.92. The van der Waals surface area contributed by atoms with Crippen molar-refractivity contribution < 1.29 is 0 Å². The fourth-order valence-electron chi connectivity index (χ4n) is 2.92. The van der Waals surface area contributed by atoms with Crippen molar-refractivity contribution in [2.75, 3.05) is 7.05 Å². The first-order chi connectivity index (χ1) is 7.74. The van der Waals surface area contributed by atoms with Crippen molar-refractivity contribution in [1.82, 2.24) is 4.90 Å². The minimum Gasteiger partial charge on any atom is -0.297 e. The van der Waals surface area contributed by atoms with Gasteiger partial charge in [-0.15, -0.1) is 0 Å². The van der Waals surface area contributed by atoms with Gasteiger partial charge in [-0.3, -0.25) is 4.90 Å². The zero-order chi connectivity index (χ0) is 11.1. The predicted octanol–water partition coefficient (Wildman–Crippen LogP) is 3.59. The Morgan fingerprint density at radius 1 is 1.19 bits per heavy atom. The van der Waals surface area contributed by atoms with Gasteiger partial charge in [0.25, 0.3) is 0 Å². The number of likely N-dealkylation sites (N-methyl/N-ethyl adjacent to an activating group) is 1. The summed E-state index contributed by atoms with van der Waals surface area (Å²) < 4.78 is 0. The summed E-state index contributed by atoms with van der Waals surface area (Å²) in [5, 5.41) is 0.820. The first-order valence-electron chi connectivity index (χ1n) is 5.92. The lowest BCUT2D eigenvalue weighted by atomic mass is 9.95. The molecule has 0 N–H and O–H groups in total. The van der Waals surface area contributed by atoms with E-state index >= 15 is 0 Å². The molecule has 0 spiro atoms. The van der Waals surface area contributed by atoms with Crippen LogP contribution in [0, 0.1) is 0 Å². The van der Waals surface area contributed by atoms with Gasteiger partial charge in [0.15, 0.2) is 0 Å². The van der Waals surface area contributed by atoms with Crippen LogP contribution in [0.4, 0.5) is 0 Å². The number of hydrogen-bond acceptors (Lipinski definition) is 1. The van der Waals surface area contributed by atoms with E-state index in [1.54, 1.807) is 0 Å². The Hall–Kier alpha value is -0.790. The molecular weight excluding hydrogens is 218 g/mol. The van der Waals surface area contributed by atoms with E-state index in [9.17, 15) is 0 Å². The molecule has 2 heteroatoms. The van der Waals surface area contributed by atoms with Gasteiger partial charge in [-0.1, -0.05) is 29.8 Å². The first kappa shape index (κ1) is 10.4. The summed E-state index contributed by atoms with van der Waals surface area (Å²) >= 11 is 5.92. The smallest absolute Gasteiger partial charge is 0.0406 e. The van der Waals surface area contributed by atoms with Crippen molar-refractivity contribution >= 4 is 17.2 Å². The largest absolute Gasteiger partial charge is 0.297 e. The number of hydrogen-bond donors (Lipinski definition) is 0. The maximum Gasteiger partial charge on any atom is 0.0406 e. The van der Waals surface area contributed by atoms with Crippen molar-refractivity contribution in [3.05, 3.63) is 40.9 Å². The van der Waals surface area contributed by atoms with Crippen molar-refractivity contribution in [1.29, 1.82) is 0 Å². The van der Waals surface area contributed by atoms with Gasteiger partial charge in [0, 0.05) is 17.1 Å². The van der Waals surface area contributed by atoms with Gasteiger partial charge in [0.05, 0.1) is 0 Å². The van der Waals surface area contributed by atoms with Gasteiger partial charge >= 0.3 is 0 Å². The summed E-state index contributed by atoms with van der Waals surface area (Å²) in [5.41, 5.74) is 2.84. The third-order valence-corrected chi connectivity index (χ3v) is 4.21. The molecule has 1 aromatic rings. The number of nitrogens with zero attached hydrogens (tertiary/aromatic N) is 1. The average molecular weight is 234 g/mol. The molecule has 0 aliphatic carbocycles. The van der Waals surface area contributed by atoms with Crippen LogP contribution in [0.2, 0.25) is 5.02 Å². The minimum atomic E-state index is 0.657. The molecule has 2 aliphatic rings. The zero-order valence-corrected chi connectivity index (χ0v) is 10.2. The molecule has 0 amide bonds. The van der Waals surface area contributed by atoms with Crippen molar-refractivity contribution in [2.45, 2.75) is 31.3 Å². The van der Waals surface area contributed by atoms with Crippen LogP contribution >= 0.6 is 11.6 Å². The lowest BCUT2D eigenvalue weighted by Gasteiger charge is -2.30. The van der Waals surface area contributed by atoms with Crippen LogP contribution in [0.25, 0.3) is 5.57 Å². The van der Waals surface area contributed by atoms with E-state index in [1.807, 2.05) is 12.1 Å². The fourth-order valence-corrected chi connectivity index (χ4v) is 3.05. The van der Waals surface area contributed by atoms with Gasteiger partial charge in [0.1, 0.15) is 0 Å². The second kappa shape index (κ2) is 3.90. The molecule has 2 heterocycles. The van der Waals surface area contributed by atoms with E-state index in [-0.39, 0.29) is 0 Å². The molecule has 84 valence electrons. The van der Waals surface area contributed by atoms with Crippen LogP contribution in [0.1, 0.15) is 24.8 Å². The van der Waals surface area contributed by atoms with Crippen molar-refractivity contribution in [3.63, 3.8) is 0 Å². The average Bonchev–Trinajstić information content (AvgIpc) is 2.54. The second-order valence-corrected chi connectivity index (χ2v) is 5.30. The van der Waals surface area contributed by atoms with E-state index in [0.717, 1.165) is 11.1 Å². The molecule has 2 bridgehead atoms. The summed E-state index contributed by atoms with van der Waals surface area (Å²) in [6, 6.07) is 9.65. The molecule has 3 rings (SSSR count). The van der Waals surface area contributed by atoms with Gasteiger partial charge in [-0.25, -0.2) is 0 Å². The molecule has 16 heavy (non-hydrogen) atoms. The van der Waals surface area contributed by atoms with E-state index in [0.29, 0.717) is 6.04 Å². The summed E-state index contributed by atoms with van der Waals surface area (Å²) in [6.07, 6.45) is 6.29. The van der Waals surface area contributed by atoms with Crippen LogP contribution < -0.4 is 0 Å². The Bertz CT molecular complexity index is 421. The molecule has 2 atom stereocenters. The summed E-state index contributed by atoms with van der Waals surface area (Å²) in [6.45, 7) is 0. The van der Waals surface area contributed by atoms with E-state index < -0.39 is 0 Å². The minimum absolute atomic E-state index is 0.657. The quantitative estimate of drug-likeness (QED) is 0.717. The molecular formula is C14H16ClN. The highest BCUT2D eigenvalue weighted by Crippen LogP contribution is 2.37. The van der Waals surface area contributed by atoms with Crippen molar-refractivity contribution in [3.8, 4) is 0 Å². The lowest BCUT2D eigenvalue weighted by Crippen LogP contribution is -2.34. The molecule has 0 radical (unpaired) electrons. The maximum absolute atomic E-state index is 5.92. The normalized spacial score (nSPS) is 29.2. The summed E-state index contributed by atoms with van der Waals surface area (Å²) in [4.78, 5) is 2.51. The fraction of sp³-hybridized carbons (Fsp3) is 0.429. The molecule has 1 fully saturated rings. The predicted molar refractivity (Wildman–Crippen MR) is 68.6 cm³/mol. The topological polar surface area (TPSA) is 3.24 Å². The lowest BCUT2D eigenvalue weighted by molar-refractivity contribution is 0.264. The van der Waals surface area contributed by atoms with Crippen LogP contribution in [-0.2, 0) is 0 Å². The van der Waals surface area contributed by atoms with Gasteiger partial charge in [0.2, 0.25) is 0 Å². The summed E-state index contributed by atoms with van der Waals surface area (Å²) in [5.74, 6) is 0. The molecule has 0 unspecified atom stereocenters. The number of halogens is 1.